The van der Waals surface area contributed by atoms with Crippen molar-refractivity contribution in [2.75, 3.05) is 19.0 Å². The Labute approximate surface area is 178 Å². The van der Waals surface area contributed by atoms with Crippen molar-refractivity contribution < 1.29 is 9.53 Å². The topological polar surface area (TPSA) is 56.1 Å². The second-order valence-electron chi connectivity index (χ2n) is 6.38. The summed E-state index contributed by atoms with van der Waals surface area (Å²) in [7, 11) is 1.66. The third-order valence-electron chi connectivity index (χ3n) is 4.30. The van der Waals surface area contributed by atoms with Gasteiger partial charge in [-0.15, -0.1) is 0 Å². The molecule has 3 aromatic rings. The van der Waals surface area contributed by atoms with Crippen molar-refractivity contribution in [3.8, 4) is 0 Å². The summed E-state index contributed by atoms with van der Waals surface area (Å²) >= 11 is 13.5. The van der Waals surface area contributed by atoms with Gasteiger partial charge in [0.25, 0.3) is 0 Å². The molecule has 8 heteroatoms. The molecular formula is C20H21Cl2N3O2S. The minimum absolute atomic E-state index is 0.112. The molecule has 0 spiro atoms. The number of imidazole rings is 1. The zero-order valence-electron chi connectivity index (χ0n) is 15.8. The first-order valence-corrected chi connectivity index (χ1v) is 10.4. The molecule has 1 atom stereocenters. The Kier molecular flexibility index (Phi) is 6.88. The van der Waals surface area contributed by atoms with Crippen molar-refractivity contribution in [3.63, 3.8) is 0 Å². The van der Waals surface area contributed by atoms with Gasteiger partial charge in [0.05, 0.1) is 22.9 Å². The number of benzene rings is 2. The van der Waals surface area contributed by atoms with E-state index in [9.17, 15) is 4.79 Å². The minimum Gasteiger partial charge on any atom is -0.383 e. The number of aromatic nitrogens is 2. The molecule has 28 heavy (non-hydrogen) atoms. The van der Waals surface area contributed by atoms with Gasteiger partial charge in [0, 0.05) is 29.4 Å². The molecule has 1 N–H and O–H groups in total. The number of hydrogen-bond acceptors (Lipinski definition) is 4. The standard InChI is InChI=1S/C20H21Cl2N3O2S/c1-12-4-5-14(21)10-16(12)23-19(26)13(2)28-20-24-17-11-15(22)6-7-18(17)25(20)8-9-27-3/h4-7,10-11,13H,8-9H2,1-3H3,(H,23,26). The molecule has 5 nitrogen and oxygen atoms in total. The SMILES string of the molecule is COCCn1c(SC(C)C(=O)Nc2cc(Cl)ccc2C)nc2cc(Cl)ccc21. The van der Waals surface area contributed by atoms with E-state index in [1.807, 2.05) is 42.7 Å². The number of hydrogen-bond donors (Lipinski definition) is 1. The average molecular weight is 438 g/mol. The first kappa shape index (κ1) is 21.0. The van der Waals surface area contributed by atoms with Crippen molar-refractivity contribution in [1.29, 1.82) is 0 Å². The van der Waals surface area contributed by atoms with E-state index < -0.39 is 0 Å². The van der Waals surface area contributed by atoms with Gasteiger partial charge >= 0.3 is 0 Å². The lowest BCUT2D eigenvalue weighted by Crippen LogP contribution is -2.23. The van der Waals surface area contributed by atoms with Gasteiger partial charge in [0.15, 0.2) is 5.16 Å². The number of methoxy groups -OCH3 is 1. The van der Waals surface area contributed by atoms with Gasteiger partial charge < -0.3 is 14.6 Å². The van der Waals surface area contributed by atoms with E-state index in [1.165, 1.54) is 11.8 Å². The molecule has 0 aliphatic carbocycles. The molecule has 1 amide bonds. The minimum atomic E-state index is -0.355. The molecule has 148 valence electrons. The lowest BCUT2D eigenvalue weighted by atomic mass is 10.2. The molecule has 0 saturated carbocycles. The quantitative estimate of drug-likeness (QED) is 0.501. The Morgan fingerprint density at radius 1 is 1.25 bits per heavy atom. The molecule has 2 aromatic carbocycles. The molecule has 0 aliphatic rings. The lowest BCUT2D eigenvalue weighted by molar-refractivity contribution is -0.115. The number of carbonyl (C=O) groups excluding carboxylic acids is 1. The van der Waals surface area contributed by atoms with Crippen LogP contribution < -0.4 is 5.32 Å². The van der Waals surface area contributed by atoms with E-state index in [4.69, 9.17) is 27.9 Å². The molecule has 3 rings (SSSR count). The van der Waals surface area contributed by atoms with Crippen molar-refractivity contribution in [2.45, 2.75) is 30.8 Å². The summed E-state index contributed by atoms with van der Waals surface area (Å²) in [6.07, 6.45) is 0. The molecule has 1 aromatic heterocycles. The van der Waals surface area contributed by atoms with Gasteiger partial charge in [-0.1, -0.05) is 41.0 Å². The molecule has 0 aliphatic heterocycles. The van der Waals surface area contributed by atoms with Crippen molar-refractivity contribution in [3.05, 3.63) is 52.0 Å². The first-order chi connectivity index (χ1) is 13.4. The normalized spacial score (nSPS) is 12.3. The number of rotatable bonds is 7. The summed E-state index contributed by atoms with van der Waals surface area (Å²) in [5, 5.41) is 4.55. The fourth-order valence-electron chi connectivity index (χ4n) is 2.74. The number of fused-ring (bicyclic) bond motifs is 1. The predicted molar refractivity (Wildman–Crippen MR) is 117 cm³/mol. The highest BCUT2D eigenvalue weighted by Gasteiger charge is 2.20. The average Bonchev–Trinajstić information content (AvgIpc) is 2.98. The van der Waals surface area contributed by atoms with Crippen LogP contribution in [0.15, 0.2) is 41.6 Å². The number of nitrogens with one attached hydrogen (secondary N) is 1. The van der Waals surface area contributed by atoms with Gasteiger partial charge in [-0.05, 0) is 49.7 Å². The maximum atomic E-state index is 12.7. The van der Waals surface area contributed by atoms with E-state index in [-0.39, 0.29) is 11.2 Å². The predicted octanol–water partition coefficient (Wildman–Crippen LogP) is 5.42. The zero-order valence-corrected chi connectivity index (χ0v) is 18.2. The fourth-order valence-corrected chi connectivity index (χ4v) is 4.03. The Morgan fingerprint density at radius 3 is 2.71 bits per heavy atom. The van der Waals surface area contributed by atoms with Gasteiger partial charge in [0.2, 0.25) is 5.91 Å². The van der Waals surface area contributed by atoms with E-state index in [1.54, 1.807) is 19.2 Å². The maximum Gasteiger partial charge on any atom is 0.237 e. The van der Waals surface area contributed by atoms with Gasteiger partial charge in [0.1, 0.15) is 0 Å². The Bertz CT molecular complexity index is 1010. The Hall–Kier alpha value is -1.73. The van der Waals surface area contributed by atoms with E-state index in [0.29, 0.717) is 28.9 Å². The molecule has 1 heterocycles. The third-order valence-corrected chi connectivity index (χ3v) is 5.86. The number of amides is 1. The monoisotopic (exact) mass is 437 g/mol. The van der Waals surface area contributed by atoms with Crippen molar-refractivity contribution >= 4 is 57.6 Å². The molecule has 0 radical (unpaired) electrons. The zero-order chi connectivity index (χ0) is 20.3. The summed E-state index contributed by atoms with van der Waals surface area (Å²) < 4.78 is 7.27. The third kappa shape index (κ3) is 4.81. The summed E-state index contributed by atoms with van der Waals surface area (Å²) in [6, 6.07) is 11.0. The van der Waals surface area contributed by atoms with Crippen LogP contribution in [0.1, 0.15) is 12.5 Å². The summed E-state index contributed by atoms with van der Waals surface area (Å²) in [4.78, 5) is 17.4. The van der Waals surface area contributed by atoms with Crippen LogP contribution >= 0.6 is 35.0 Å². The summed E-state index contributed by atoms with van der Waals surface area (Å²) in [5.41, 5.74) is 3.42. The Balaban J connectivity index is 1.82. The summed E-state index contributed by atoms with van der Waals surface area (Å²) in [5.74, 6) is -0.112. The van der Waals surface area contributed by atoms with E-state index in [2.05, 4.69) is 10.3 Å². The molecular weight excluding hydrogens is 417 g/mol. The second-order valence-corrected chi connectivity index (χ2v) is 8.56. The smallest absolute Gasteiger partial charge is 0.237 e. The van der Waals surface area contributed by atoms with Crippen LogP contribution in [0.25, 0.3) is 11.0 Å². The maximum absolute atomic E-state index is 12.7. The van der Waals surface area contributed by atoms with Crippen LogP contribution in [-0.4, -0.2) is 34.4 Å². The van der Waals surface area contributed by atoms with Crippen molar-refractivity contribution in [2.24, 2.45) is 0 Å². The van der Waals surface area contributed by atoms with Crippen LogP contribution in [0.5, 0.6) is 0 Å². The van der Waals surface area contributed by atoms with Crippen LogP contribution in [0.2, 0.25) is 10.0 Å². The highest BCUT2D eigenvalue weighted by Crippen LogP contribution is 2.30. The second kappa shape index (κ2) is 9.18. The highest BCUT2D eigenvalue weighted by molar-refractivity contribution is 8.00. The highest BCUT2D eigenvalue weighted by atomic mass is 35.5. The molecule has 0 bridgehead atoms. The number of aryl methyl sites for hydroxylation is 1. The Morgan fingerprint density at radius 2 is 1.96 bits per heavy atom. The molecule has 1 unspecified atom stereocenters. The lowest BCUT2D eigenvalue weighted by Gasteiger charge is -2.14. The number of ether oxygens (including phenoxy) is 1. The van der Waals surface area contributed by atoms with Crippen LogP contribution in [0.4, 0.5) is 5.69 Å². The first-order valence-electron chi connectivity index (χ1n) is 8.77. The fraction of sp³-hybridized carbons (Fsp3) is 0.300. The van der Waals surface area contributed by atoms with E-state index >= 15 is 0 Å². The van der Waals surface area contributed by atoms with Crippen molar-refractivity contribution in [1.82, 2.24) is 9.55 Å². The van der Waals surface area contributed by atoms with Gasteiger partial charge in [-0.25, -0.2) is 4.98 Å². The van der Waals surface area contributed by atoms with Gasteiger partial charge in [-0.2, -0.15) is 0 Å². The number of nitrogens with zero attached hydrogens (tertiary/aromatic N) is 2. The number of thioether (sulfide) groups is 1. The summed E-state index contributed by atoms with van der Waals surface area (Å²) in [6.45, 7) is 4.97. The molecule has 0 saturated heterocycles. The van der Waals surface area contributed by atoms with Crippen LogP contribution in [-0.2, 0) is 16.1 Å². The van der Waals surface area contributed by atoms with Crippen LogP contribution in [0, 0.1) is 6.92 Å². The largest absolute Gasteiger partial charge is 0.383 e. The molecule has 0 fully saturated rings. The number of halogens is 2. The number of carbonyl (C=O) groups is 1. The van der Waals surface area contributed by atoms with Crippen LogP contribution in [0.3, 0.4) is 0 Å². The van der Waals surface area contributed by atoms with Gasteiger partial charge in [-0.3, -0.25) is 4.79 Å². The number of anilines is 1. The van der Waals surface area contributed by atoms with E-state index in [0.717, 1.165) is 21.8 Å².